The van der Waals surface area contributed by atoms with Crippen LogP contribution in [0.1, 0.15) is 90.2 Å². The maximum Gasteiger partial charge on any atom is 0.265 e. The van der Waals surface area contributed by atoms with Crippen molar-refractivity contribution in [2.24, 2.45) is 0 Å². The van der Waals surface area contributed by atoms with Crippen molar-refractivity contribution in [2.75, 3.05) is 23.8 Å². The highest BCUT2D eigenvalue weighted by molar-refractivity contribution is 7.77. The lowest BCUT2D eigenvalue weighted by atomic mass is 10.1. The van der Waals surface area contributed by atoms with Gasteiger partial charge in [-0.15, -0.1) is 0 Å². The molecule has 0 spiro atoms. The molecule has 0 aliphatic rings. The van der Waals surface area contributed by atoms with Gasteiger partial charge >= 0.3 is 0 Å². The van der Waals surface area contributed by atoms with Crippen molar-refractivity contribution in [3.05, 3.63) is 34.7 Å². The highest BCUT2D eigenvalue weighted by atomic mass is 31.2. The van der Waals surface area contributed by atoms with Gasteiger partial charge in [-0.1, -0.05) is 65.5 Å². The van der Waals surface area contributed by atoms with Gasteiger partial charge in [0.1, 0.15) is 5.66 Å². The van der Waals surface area contributed by atoms with E-state index in [4.69, 9.17) is 6.57 Å². The average Bonchev–Trinajstić information content (AvgIpc) is 2.74. The van der Waals surface area contributed by atoms with Crippen LogP contribution in [-0.2, 0) is 4.79 Å². The number of hydrogen-bond acceptors (Lipinski definition) is 1. The summed E-state index contributed by atoms with van der Waals surface area (Å²) in [5.74, 6) is 0.232. The molecule has 0 aliphatic carbocycles. The number of carbonyl (C=O) groups excluding carboxylic acids is 1. The first-order chi connectivity index (χ1) is 14.4. The van der Waals surface area contributed by atoms with E-state index in [0.717, 1.165) is 29.7 Å². The van der Waals surface area contributed by atoms with Crippen LogP contribution in [0.4, 0.5) is 11.4 Å². The van der Waals surface area contributed by atoms with Crippen LogP contribution in [0.2, 0.25) is 0 Å². The summed E-state index contributed by atoms with van der Waals surface area (Å²) in [7, 11) is -1.37. The molecule has 0 heterocycles. The molecule has 1 aromatic carbocycles. The van der Waals surface area contributed by atoms with E-state index in [0.29, 0.717) is 5.69 Å². The molecule has 0 aliphatic heterocycles. The van der Waals surface area contributed by atoms with Crippen molar-refractivity contribution in [2.45, 2.75) is 98.6 Å². The van der Waals surface area contributed by atoms with Crippen LogP contribution in [0.3, 0.4) is 0 Å². The third-order valence-corrected chi connectivity index (χ3v) is 11.7. The Kier molecular flexibility index (Phi) is 12.3. The van der Waals surface area contributed by atoms with Crippen LogP contribution >= 0.6 is 7.26 Å². The zero-order valence-corrected chi connectivity index (χ0v) is 21.2. The first-order valence-corrected chi connectivity index (χ1v) is 14.5. The number of benzene rings is 1. The van der Waals surface area contributed by atoms with Crippen molar-refractivity contribution in [1.29, 1.82) is 0 Å². The number of nitrogens with zero attached hydrogens (tertiary/aromatic N) is 1. The van der Waals surface area contributed by atoms with Crippen molar-refractivity contribution in [3.63, 3.8) is 0 Å². The van der Waals surface area contributed by atoms with Crippen LogP contribution < -0.4 is 5.32 Å². The topological polar surface area (TPSA) is 33.5 Å². The predicted octanol–water partition coefficient (Wildman–Crippen LogP) is 8.38. The third-order valence-electron chi connectivity index (χ3n) is 6.29. The summed E-state index contributed by atoms with van der Waals surface area (Å²) in [4.78, 5) is 17.3. The first-order valence-electron chi connectivity index (χ1n) is 12.0. The maximum absolute atomic E-state index is 13.8. The molecule has 168 valence electrons. The van der Waals surface area contributed by atoms with Crippen LogP contribution in [0.5, 0.6) is 0 Å². The normalized spacial score (nSPS) is 12.4. The van der Waals surface area contributed by atoms with Crippen LogP contribution in [0, 0.1) is 20.4 Å². The quantitative estimate of drug-likeness (QED) is 0.233. The van der Waals surface area contributed by atoms with Gasteiger partial charge in [-0.3, -0.25) is 4.79 Å². The smallest absolute Gasteiger partial charge is 0.265 e. The van der Waals surface area contributed by atoms with Gasteiger partial charge in [0, 0.05) is 12.9 Å². The number of nitrogens with one attached hydrogen (secondary N) is 1. The fraction of sp³-hybridized carbons (Fsp3) is 0.692. The van der Waals surface area contributed by atoms with Gasteiger partial charge in [-0.05, 0) is 50.7 Å². The second-order valence-electron chi connectivity index (χ2n) is 8.81. The molecule has 1 N–H and O–H groups in total. The molecule has 1 aromatic rings. The lowest BCUT2D eigenvalue weighted by Gasteiger charge is -2.35. The fourth-order valence-electron chi connectivity index (χ4n) is 4.56. The van der Waals surface area contributed by atoms with E-state index in [1.54, 1.807) is 0 Å². The molecular formula is C26H44N2OP+. The predicted molar refractivity (Wildman–Crippen MR) is 136 cm³/mol. The Morgan fingerprint density at radius 3 is 1.77 bits per heavy atom. The van der Waals surface area contributed by atoms with Gasteiger partial charge in [0.2, 0.25) is 0 Å². The van der Waals surface area contributed by atoms with E-state index < -0.39 is 7.26 Å². The highest BCUT2D eigenvalue weighted by Crippen LogP contribution is 2.66. The van der Waals surface area contributed by atoms with E-state index in [2.05, 4.69) is 37.9 Å². The van der Waals surface area contributed by atoms with Crippen molar-refractivity contribution >= 4 is 24.5 Å². The molecule has 1 rings (SSSR count). The van der Waals surface area contributed by atoms with E-state index in [9.17, 15) is 4.79 Å². The molecule has 1 unspecified atom stereocenters. The Morgan fingerprint density at radius 1 is 0.933 bits per heavy atom. The van der Waals surface area contributed by atoms with Crippen LogP contribution in [0.15, 0.2) is 12.1 Å². The lowest BCUT2D eigenvalue weighted by molar-refractivity contribution is -0.116. The molecule has 0 bridgehead atoms. The van der Waals surface area contributed by atoms with Gasteiger partial charge in [-0.2, -0.15) is 0 Å². The molecule has 1 amide bonds. The summed E-state index contributed by atoms with van der Waals surface area (Å²) in [5, 5.41) is 3.34. The minimum absolute atomic E-state index is 0.159. The zero-order chi connectivity index (χ0) is 22.6. The number of carbonyl (C=O) groups is 1. The summed E-state index contributed by atoms with van der Waals surface area (Å²) >= 11 is 0. The van der Waals surface area contributed by atoms with Gasteiger partial charge in [0.05, 0.1) is 25.1 Å². The molecule has 0 saturated carbocycles. The van der Waals surface area contributed by atoms with E-state index in [1.165, 1.54) is 57.0 Å². The van der Waals surface area contributed by atoms with E-state index in [1.807, 2.05) is 26.0 Å². The summed E-state index contributed by atoms with van der Waals surface area (Å²) in [6, 6.07) is 3.77. The minimum Gasteiger partial charge on any atom is -0.322 e. The number of anilines is 1. The lowest BCUT2D eigenvalue weighted by Crippen LogP contribution is -2.34. The molecule has 30 heavy (non-hydrogen) atoms. The Hall–Kier alpha value is -1.39. The molecular weight excluding hydrogens is 387 g/mol. The molecule has 0 aromatic heterocycles. The summed E-state index contributed by atoms with van der Waals surface area (Å²) in [6.07, 6.45) is 13.2. The Morgan fingerprint density at radius 2 is 1.40 bits per heavy atom. The Bertz CT molecular complexity index is 663. The summed E-state index contributed by atoms with van der Waals surface area (Å²) in [6.45, 7) is 20.3. The molecule has 1 atom stereocenters. The van der Waals surface area contributed by atoms with Gasteiger partial charge < -0.3 is 5.32 Å². The van der Waals surface area contributed by atoms with Crippen molar-refractivity contribution in [3.8, 4) is 0 Å². The second kappa shape index (κ2) is 13.8. The Labute approximate surface area is 186 Å². The van der Waals surface area contributed by atoms with Crippen molar-refractivity contribution in [1.82, 2.24) is 0 Å². The number of amides is 1. The molecule has 4 heteroatoms. The molecule has 0 saturated heterocycles. The summed E-state index contributed by atoms with van der Waals surface area (Å²) in [5.41, 5.74) is 3.69. The zero-order valence-electron chi connectivity index (χ0n) is 20.3. The third kappa shape index (κ3) is 7.39. The number of aryl methyl sites for hydroxylation is 2. The number of unbranched alkanes of at least 4 members (excludes halogenated alkanes) is 3. The maximum atomic E-state index is 13.8. The van der Waals surface area contributed by atoms with Crippen LogP contribution in [0.25, 0.3) is 4.85 Å². The molecule has 0 fully saturated rings. The molecule has 0 radical (unpaired) electrons. The largest absolute Gasteiger partial charge is 0.322 e. The highest BCUT2D eigenvalue weighted by Gasteiger charge is 2.47. The van der Waals surface area contributed by atoms with Gasteiger partial charge in [0.15, 0.2) is 5.69 Å². The second-order valence-corrected chi connectivity index (χ2v) is 13.2. The first kappa shape index (κ1) is 26.6. The number of rotatable bonds is 14. The van der Waals surface area contributed by atoms with E-state index >= 15 is 0 Å². The van der Waals surface area contributed by atoms with E-state index in [-0.39, 0.29) is 11.6 Å². The fourth-order valence-corrected chi connectivity index (χ4v) is 10.4. The SMILES string of the molecule is [C-]#[N+]c1cc(C)c(NC(=O)C(CCC)[P+](CCCC)(CCCC)CCCC)c(C)c1. The minimum atomic E-state index is -1.37. The monoisotopic (exact) mass is 431 g/mol. The van der Waals surface area contributed by atoms with Gasteiger partial charge in [0.25, 0.3) is 5.91 Å². The Balaban J connectivity index is 3.30. The summed E-state index contributed by atoms with van der Waals surface area (Å²) < 4.78 is 0. The number of hydrogen-bond donors (Lipinski definition) is 1. The molecule has 3 nitrogen and oxygen atoms in total. The standard InChI is InChI=1S/C26H43N2OP/c1-8-12-16-30(17-13-9-2,18-14-10-3)24(15-11-4)26(29)28-25-21(5)19-23(27-7)20-22(25)6/h19-20,24H,8-18H2,1-6H3/p+1. The van der Waals surface area contributed by atoms with Gasteiger partial charge in [-0.25, -0.2) is 4.85 Å². The van der Waals surface area contributed by atoms with Crippen molar-refractivity contribution < 1.29 is 4.79 Å². The van der Waals surface area contributed by atoms with Crippen LogP contribution in [-0.4, -0.2) is 30.1 Å². The average molecular weight is 432 g/mol.